The number of rotatable bonds is 8. The minimum absolute atomic E-state index is 0.103. The molecule has 7 nitrogen and oxygen atoms in total. The van der Waals surface area contributed by atoms with Gasteiger partial charge < -0.3 is 15.2 Å². The van der Waals surface area contributed by atoms with Crippen molar-refractivity contribution in [2.45, 2.75) is 31.7 Å². The number of carbonyl (C=O) groups is 3. The molecule has 3 aromatic carbocycles. The second-order valence-corrected chi connectivity index (χ2v) is 8.32. The summed E-state index contributed by atoms with van der Waals surface area (Å²) in [6.07, 6.45) is -0.609. The van der Waals surface area contributed by atoms with Crippen LogP contribution in [0.4, 0.5) is 14.9 Å². The van der Waals surface area contributed by atoms with Crippen LogP contribution in [0.25, 0.3) is 11.1 Å². The Morgan fingerprint density at radius 2 is 1.63 bits per heavy atom. The highest BCUT2D eigenvalue weighted by Crippen LogP contribution is 2.44. The lowest BCUT2D eigenvalue weighted by Crippen LogP contribution is -2.36. The molecule has 3 aromatic rings. The van der Waals surface area contributed by atoms with Gasteiger partial charge in [0, 0.05) is 17.6 Å². The first-order valence-corrected chi connectivity index (χ1v) is 11.3. The van der Waals surface area contributed by atoms with Crippen molar-refractivity contribution < 1.29 is 28.6 Å². The third-order valence-electron chi connectivity index (χ3n) is 6.05. The number of anilines is 1. The van der Waals surface area contributed by atoms with E-state index in [2.05, 4.69) is 10.6 Å². The molecule has 0 spiro atoms. The number of benzene rings is 3. The molecule has 1 aliphatic rings. The molecule has 0 unspecified atom stereocenters. The molecule has 0 fully saturated rings. The van der Waals surface area contributed by atoms with Crippen molar-refractivity contribution in [1.82, 2.24) is 5.32 Å². The number of halogens is 1. The molecule has 0 aliphatic heterocycles. The maximum absolute atomic E-state index is 14.6. The van der Waals surface area contributed by atoms with E-state index >= 15 is 0 Å². The molecule has 35 heavy (non-hydrogen) atoms. The van der Waals surface area contributed by atoms with Crippen LogP contribution in [0.2, 0.25) is 0 Å². The number of carboxylic acids is 1. The number of carboxylic acid groups (broad SMARTS) is 1. The molecule has 1 aliphatic carbocycles. The van der Waals surface area contributed by atoms with Crippen LogP contribution < -0.4 is 10.6 Å². The standard InChI is InChI=1S/C27H25FN2O5/c1-2-16(14-25(31)32)29-26(33)22-12-11-17(13-24(22)28)30-27(34)35-15-23-20-9-5-3-7-18(20)19-8-4-6-10-21(19)23/h3-13,16,23H,2,14-15H2,1H3,(H,29,33)(H,30,34)(H,31,32)/t16-/m1/s1. The van der Waals surface area contributed by atoms with Gasteiger partial charge in [-0.1, -0.05) is 55.5 Å². The Morgan fingerprint density at radius 3 is 2.20 bits per heavy atom. The molecule has 4 rings (SSSR count). The van der Waals surface area contributed by atoms with Gasteiger partial charge in [-0.2, -0.15) is 0 Å². The highest BCUT2D eigenvalue weighted by molar-refractivity contribution is 5.96. The van der Waals surface area contributed by atoms with E-state index in [4.69, 9.17) is 9.84 Å². The molecule has 8 heteroatoms. The minimum Gasteiger partial charge on any atom is -0.481 e. The van der Waals surface area contributed by atoms with E-state index in [-0.39, 0.29) is 30.2 Å². The third-order valence-corrected chi connectivity index (χ3v) is 6.05. The summed E-state index contributed by atoms with van der Waals surface area (Å²) in [5.41, 5.74) is 4.27. The van der Waals surface area contributed by atoms with Crippen LogP contribution >= 0.6 is 0 Å². The number of carbonyl (C=O) groups excluding carboxylic acids is 2. The van der Waals surface area contributed by atoms with Crippen molar-refractivity contribution in [2.75, 3.05) is 11.9 Å². The first-order valence-electron chi connectivity index (χ1n) is 11.3. The first kappa shape index (κ1) is 23.9. The Labute approximate surface area is 201 Å². The van der Waals surface area contributed by atoms with Gasteiger partial charge in [-0.25, -0.2) is 9.18 Å². The molecule has 0 heterocycles. The van der Waals surface area contributed by atoms with Gasteiger partial charge in [-0.3, -0.25) is 14.9 Å². The van der Waals surface area contributed by atoms with Crippen molar-refractivity contribution in [2.24, 2.45) is 0 Å². The van der Waals surface area contributed by atoms with Crippen molar-refractivity contribution >= 4 is 23.7 Å². The number of hydrogen-bond donors (Lipinski definition) is 3. The monoisotopic (exact) mass is 476 g/mol. The van der Waals surface area contributed by atoms with Gasteiger partial charge in [0.2, 0.25) is 0 Å². The van der Waals surface area contributed by atoms with Gasteiger partial charge in [0.05, 0.1) is 12.0 Å². The van der Waals surface area contributed by atoms with Crippen LogP contribution in [-0.4, -0.2) is 35.7 Å². The predicted octanol–water partition coefficient (Wildman–Crippen LogP) is 5.17. The highest BCUT2D eigenvalue weighted by atomic mass is 19.1. The summed E-state index contributed by atoms with van der Waals surface area (Å²) in [4.78, 5) is 35.6. The molecule has 3 N–H and O–H groups in total. The largest absolute Gasteiger partial charge is 0.481 e. The van der Waals surface area contributed by atoms with E-state index in [9.17, 15) is 18.8 Å². The summed E-state index contributed by atoms with van der Waals surface area (Å²) >= 11 is 0. The second-order valence-electron chi connectivity index (χ2n) is 8.32. The lowest BCUT2D eigenvalue weighted by atomic mass is 9.98. The second kappa shape index (κ2) is 10.4. The SMILES string of the molecule is CC[C@H](CC(=O)O)NC(=O)c1ccc(NC(=O)OCC2c3ccccc3-c3ccccc32)cc1F. The smallest absolute Gasteiger partial charge is 0.411 e. The number of amides is 2. The van der Waals surface area contributed by atoms with E-state index < -0.39 is 29.8 Å². The van der Waals surface area contributed by atoms with Crippen LogP contribution in [0.3, 0.4) is 0 Å². The van der Waals surface area contributed by atoms with E-state index in [0.29, 0.717) is 6.42 Å². The number of aliphatic carboxylic acids is 1. The summed E-state index contributed by atoms with van der Waals surface area (Å²) in [5.74, 6) is -2.72. The van der Waals surface area contributed by atoms with Crippen molar-refractivity contribution in [3.8, 4) is 11.1 Å². The zero-order valence-corrected chi connectivity index (χ0v) is 19.1. The number of ether oxygens (including phenoxy) is 1. The van der Waals surface area contributed by atoms with E-state index in [1.165, 1.54) is 12.1 Å². The average molecular weight is 477 g/mol. The number of fused-ring (bicyclic) bond motifs is 3. The predicted molar refractivity (Wildman–Crippen MR) is 129 cm³/mol. The Kier molecular flexibility index (Phi) is 7.10. The van der Waals surface area contributed by atoms with Crippen molar-refractivity contribution in [3.63, 3.8) is 0 Å². The number of nitrogens with one attached hydrogen (secondary N) is 2. The molecule has 2 amide bonds. The zero-order chi connectivity index (χ0) is 24.9. The van der Waals surface area contributed by atoms with Gasteiger partial charge >= 0.3 is 12.1 Å². The van der Waals surface area contributed by atoms with Crippen LogP contribution in [0.1, 0.15) is 47.2 Å². The fourth-order valence-corrected chi connectivity index (χ4v) is 4.30. The normalized spacial score (nSPS) is 12.9. The maximum Gasteiger partial charge on any atom is 0.411 e. The van der Waals surface area contributed by atoms with Gasteiger partial charge in [0.15, 0.2) is 0 Å². The fraction of sp³-hybridized carbons (Fsp3) is 0.222. The average Bonchev–Trinajstić information content (AvgIpc) is 3.15. The molecular weight excluding hydrogens is 451 g/mol. The molecule has 0 saturated heterocycles. The van der Waals surface area contributed by atoms with Crippen LogP contribution in [-0.2, 0) is 9.53 Å². The highest BCUT2D eigenvalue weighted by Gasteiger charge is 2.29. The lowest BCUT2D eigenvalue weighted by Gasteiger charge is -2.16. The van der Waals surface area contributed by atoms with Crippen LogP contribution in [0.5, 0.6) is 0 Å². The van der Waals surface area contributed by atoms with Gasteiger partial charge in [-0.15, -0.1) is 0 Å². The summed E-state index contributed by atoms with van der Waals surface area (Å²) < 4.78 is 20.0. The van der Waals surface area contributed by atoms with Crippen LogP contribution in [0, 0.1) is 5.82 Å². The first-order chi connectivity index (χ1) is 16.9. The Morgan fingerprint density at radius 1 is 1.00 bits per heavy atom. The summed E-state index contributed by atoms with van der Waals surface area (Å²) in [7, 11) is 0. The lowest BCUT2D eigenvalue weighted by molar-refractivity contribution is -0.137. The number of hydrogen-bond acceptors (Lipinski definition) is 4. The maximum atomic E-state index is 14.6. The Balaban J connectivity index is 1.38. The van der Waals surface area contributed by atoms with Gasteiger partial charge in [0.1, 0.15) is 12.4 Å². The van der Waals surface area contributed by atoms with Gasteiger partial charge in [0.25, 0.3) is 5.91 Å². The molecule has 0 bridgehead atoms. The molecule has 0 aromatic heterocycles. The summed E-state index contributed by atoms with van der Waals surface area (Å²) in [6, 6.07) is 19.0. The summed E-state index contributed by atoms with van der Waals surface area (Å²) in [6.45, 7) is 1.84. The molecule has 0 radical (unpaired) electrons. The van der Waals surface area contributed by atoms with Gasteiger partial charge in [-0.05, 0) is 46.9 Å². The molecule has 0 saturated carbocycles. The Hall–Kier alpha value is -4.20. The third kappa shape index (κ3) is 5.32. The van der Waals surface area contributed by atoms with E-state index in [0.717, 1.165) is 28.3 Å². The molecule has 1 atom stereocenters. The van der Waals surface area contributed by atoms with E-state index in [1.54, 1.807) is 6.92 Å². The quantitative estimate of drug-likeness (QED) is 0.416. The topological polar surface area (TPSA) is 105 Å². The van der Waals surface area contributed by atoms with E-state index in [1.807, 2.05) is 48.5 Å². The fourth-order valence-electron chi connectivity index (χ4n) is 4.30. The molecular formula is C27H25FN2O5. The Bertz CT molecular complexity index is 1230. The van der Waals surface area contributed by atoms with Crippen LogP contribution in [0.15, 0.2) is 66.7 Å². The zero-order valence-electron chi connectivity index (χ0n) is 19.1. The van der Waals surface area contributed by atoms with Crippen molar-refractivity contribution in [3.05, 3.63) is 89.2 Å². The summed E-state index contributed by atoms with van der Waals surface area (Å²) in [5, 5.41) is 13.9. The molecule has 180 valence electrons. The minimum atomic E-state index is -1.06. The van der Waals surface area contributed by atoms with Crippen molar-refractivity contribution in [1.29, 1.82) is 0 Å².